The molecule has 8 atom stereocenters. The zero-order chi connectivity index (χ0) is 36.2. The molecule has 8 nitrogen and oxygen atoms in total. The number of Topliss-reactive ketones (excluding diaryl/α,β-unsaturated/α-hetero) is 1. The van der Waals surface area contributed by atoms with Gasteiger partial charge in [0, 0.05) is 50.0 Å². The van der Waals surface area contributed by atoms with Crippen LogP contribution in [0.1, 0.15) is 93.4 Å². The molecule has 6 rings (SSSR count). The van der Waals surface area contributed by atoms with Gasteiger partial charge in [-0.25, -0.2) is 8.42 Å². The minimum absolute atomic E-state index is 0.0706. The van der Waals surface area contributed by atoms with Crippen LogP contribution in [-0.4, -0.2) is 76.8 Å². The lowest BCUT2D eigenvalue weighted by Gasteiger charge is -2.71. The first-order valence-corrected chi connectivity index (χ1v) is 21.4. The Balaban J connectivity index is 1.32. The van der Waals surface area contributed by atoms with Gasteiger partial charge in [-0.2, -0.15) is 21.6 Å². The van der Waals surface area contributed by atoms with E-state index < -0.39 is 30.9 Å². The van der Waals surface area contributed by atoms with Crippen molar-refractivity contribution in [2.24, 2.45) is 51.2 Å². The molecule has 1 saturated heterocycles. The van der Waals surface area contributed by atoms with Crippen LogP contribution < -0.4 is 5.32 Å². The van der Waals surface area contributed by atoms with Crippen molar-refractivity contribution in [1.82, 2.24) is 10.2 Å². The van der Waals surface area contributed by atoms with Crippen LogP contribution in [0, 0.1) is 51.2 Å². The number of hydrogen-bond acceptors (Lipinski definition) is 8. The fourth-order valence-electron chi connectivity index (χ4n) is 12.1. The summed E-state index contributed by atoms with van der Waals surface area (Å²) in [5.74, 6) is 1.23. The SMILES string of the molecule is CC(C)C1=C2C(CC1=O)[C@@H](NCCN1CCS(=O)(=O)CC1)C[C@]1(C)[C@@H]2CC[C@@H]2[C@@]3(C)CC=C(OS(=O)(=O)C(F)(F)F)C(C)(C)[C@@H]3CC[C@]21C. The first kappa shape index (κ1) is 37.3. The van der Waals surface area contributed by atoms with Gasteiger partial charge >= 0.3 is 15.6 Å². The number of sulfone groups is 1. The minimum Gasteiger partial charge on any atom is -0.380 e. The quantitative estimate of drug-likeness (QED) is 0.242. The molecule has 5 aliphatic carbocycles. The number of rotatable bonds is 7. The molecule has 278 valence electrons. The Morgan fingerprint density at radius 1 is 1.02 bits per heavy atom. The summed E-state index contributed by atoms with van der Waals surface area (Å²) >= 11 is 0. The summed E-state index contributed by atoms with van der Waals surface area (Å²) in [4.78, 5) is 15.9. The maximum absolute atomic E-state index is 13.7. The van der Waals surface area contributed by atoms with Gasteiger partial charge in [0.05, 0.1) is 11.5 Å². The lowest BCUT2D eigenvalue weighted by atomic mass is 9.34. The number of carbonyl (C=O) groups excluding carboxylic acids is 1. The van der Waals surface area contributed by atoms with Crippen molar-refractivity contribution in [2.75, 3.05) is 37.7 Å². The highest BCUT2D eigenvalue weighted by Gasteiger charge is 2.69. The van der Waals surface area contributed by atoms with Gasteiger partial charge in [0.2, 0.25) is 0 Å². The van der Waals surface area contributed by atoms with Gasteiger partial charge in [0.1, 0.15) is 5.76 Å². The molecule has 0 aromatic heterocycles. The second-order valence-corrected chi connectivity index (χ2v) is 21.4. The Hall–Kier alpha value is -1.44. The molecule has 49 heavy (non-hydrogen) atoms. The van der Waals surface area contributed by atoms with Gasteiger partial charge in [-0.05, 0) is 90.1 Å². The first-order valence-electron chi connectivity index (χ1n) is 18.1. The predicted octanol–water partition coefficient (Wildman–Crippen LogP) is 6.26. The average Bonchev–Trinajstić information content (AvgIpc) is 3.32. The lowest BCUT2D eigenvalue weighted by molar-refractivity contribution is -0.200. The largest absolute Gasteiger partial charge is 0.534 e. The second-order valence-electron chi connectivity index (χ2n) is 17.6. The maximum Gasteiger partial charge on any atom is 0.534 e. The Kier molecular flexibility index (Phi) is 9.18. The van der Waals surface area contributed by atoms with Crippen molar-refractivity contribution >= 4 is 25.7 Å². The predicted molar refractivity (Wildman–Crippen MR) is 182 cm³/mol. The average molecular weight is 733 g/mol. The molecular weight excluding hydrogens is 678 g/mol. The molecular formula is C36H55F3N2O6S2. The molecule has 3 saturated carbocycles. The Bertz CT molecular complexity index is 1640. The molecule has 4 fully saturated rings. The Labute approximate surface area is 291 Å². The molecule has 1 aliphatic heterocycles. The van der Waals surface area contributed by atoms with Crippen molar-refractivity contribution in [3.8, 4) is 0 Å². The molecule has 1 N–H and O–H groups in total. The molecule has 0 aromatic carbocycles. The summed E-state index contributed by atoms with van der Waals surface area (Å²) in [6, 6.07) is 0.0985. The van der Waals surface area contributed by atoms with Crippen LogP contribution in [0.25, 0.3) is 0 Å². The molecule has 1 unspecified atom stereocenters. The van der Waals surface area contributed by atoms with E-state index in [4.69, 9.17) is 4.18 Å². The number of fused-ring (bicyclic) bond motifs is 7. The van der Waals surface area contributed by atoms with E-state index in [2.05, 4.69) is 44.8 Å². The number of carbonyl (C=O) groups is 1. The van der Waals surface area contributed by atoms with Gasteiger partial charge < -0.3 is 14.4 Å². The van der Waals surface area contributed by atoms with Crippen molar-refractivity contribution < 1.29 is 39.0 Å². The van der Waals surface area contributed by atoms with Gasteiger partial charge in [0.15, 0.2) is 15.6 Å². The third-order valence-electron chi connectivity index (χ3n) is 14.6. The summed E-state index contributed by atoms with van der Waals surface area (Å²) < 4.78 is 93.0. The van der Waals surface area contributed by atoms with E-state index >= 15 is 0 Å². The second kappa shape index (κ2) is 12.0. The van der Waals surface area contributed by atoms with E-state index in [1.165, 1.54) is 5.57 Å². The first-order chi connectivity index (χ1) is 22.5. The Morgan fingerprint density at radius 2 is 1.67 bits per heavy atom. The fraction of sp³-hybridized carbons (Fsp3) is 0.861. The van der Waals surface area contributed by atoms with E-state index in [1.54, 1.807) is 6.08 Å². The van der Waals surface area contributed by atoms with Gasteiger partial charge in [-0.3, -0.25) is 4.79 Å². The normalized spacial score (nSPS) is 40.7. The molecule has 0 aromatic rings. The minimum atomic E-state index is -5.78. The van der Waals surface area contributed by atoms with Crippen LogP contribution in [0.15, 0.2) is 23.0 Å². The number of halogens is 3. The molecule has 0 radical (unpaired) electrons. The summed E-state index contributed by atoms with van der Waals surface area (Å²) in [7, 11) is -8.74. The number of ketones is 1. The molecule has 6 aliphatic rings. The van der Waals surface area contributed by atoms with Crippen LogP contribution in [0.2, 0.25) is 0 Å². The maximum atomic E-state index is 13.7. The van der Waals surface area contributed by atoms with Gasteiger partial charge in [-0.15, -0.1) is 0 Å². The zero-order valence-corrected chi connectivity index (χ0v) is 31.7. The number of hydrogen-bond donors (Lipinski definition) is 1. The van der Waals surface area contributed by atoms with Crippen LogP contribution in [0.3, 0.4) is 0 Å². The van der Waals surface area contributed by atoms with Crippen molar-refractivity contribution in [2.45, 2.75) is 105 Å². The van der Waals surface area contributed by atoms with Crippen molar-refractivity contribution in [1.29, 1.82) is 0 Å². The van der Waals surface area contributed by atoms with Crippen LogP contribution in [0.5, 0.6) is 0 Å². The van der Waals surface area contributed by atoms with Gasteiger partial charge in [0.25, 0.3) is 0 Å². The van der Waals surface area contributed by atoms with Crippen molar-refractivity contribution in [3.05, 3.63) is 23.0 Å². The number of alkyl halides is 3. The molecule has 0 spiro atoms. The standard InChI is InChI=1S/C36H55F3N2O6S2/c1-22(2)30-26(42)20-23-25(40-14-15-41-16-18-48(43,44)19-17-41)21-35(7)24(31(23)30)8-9-28-33(5)12-11-29(47-49(45,46)36(37,38)39)32(3,4)27(33)10-13-34(28,35)6/h11,22-25,27-28,40H,8-10,12-21H2,1-7H3/t23?,24-,25+,27+,28-,33+,34-,35-/m1/s1. The van der Waals surface area contributed by atoms with Crippen LogP contribution >= 0.6 is 0 Å². The zero-order valence-electron chi connectivity index (χ0n) is 30.1. The molecule has 0 bridgehead atoms. The fourth-order valence-corrected chi connectivity index (χ4v) is 14.0. The summed E-state index contributed by atoms with van der Waals surface area (Å²) in [5.41, 5.74) is -4.62. The van der Waals surface area contributed by atoms with E-state index in [-0.39, 0.29) is 74.9 Å². The Morgan fingerprint density at radius 3 is 2.29 bits per heavy atom. The molecule has 13 heteroatoms. The summed E-state index contributed by atoms with van der Waals surface area (Å²) in [5, 5.41) is 3.88. The highest BCUT2D eigenvalue weighted by atomic mass is 32.2. The number of allylic oxidation sites excluding steroid dienone is 3. The smallest absolute Gasteiger partial charge is 0.380 e. The molecule has 1 heterocycles. The molecule has 0 amide bonds. The number of nitrogens with one attached hydrogen (secondary N) is 1. The number of nitrogens with zero attached hydrogens (tertiary/aromatic N) is 1. The van der Waals surface area contributed by atoms with Crippen LogP contribution in [-0.2, 0) is 28.9 Å². The monoisotopic (exact) mass is 732 g/mol. The summed E-state index contributed by atoms with van der Waals surface area (Å²) in [6.07, 6.45) is 6.96. The van der Waals surface area contributed by atoms with E-state index in [0.29, 0.717) is 32.5 Å². The van der Waals surface area contributed by atoms with E-state index in [9.17, 15) is 34.8 Å². The lowest BCUT2D eigenvalue weighted by Crippen LogP contribution is -2.65. The van der Waals surface area contributed by atoms with Crippen LogP contribution in [0.4, 0.5) is 13.2 Å². The van der Waals surface area contributed by atoms with E-state index in [1.807, 2.05) is 13.8 Å². The van der Waals surface area contributed by atoms with E-state index in [0.717, 1.165) is 44.2 Å². The third kappa shape index (κ3) is 5.86. The van der Waals surface area contributed by atoms with Gasteiger partial charge in [-0.1, -0.05) is 54.0 Å². The highest BCUT2D eigenvalue weighted by molar-refractivity contribution is 7.91. The third-order valence-corrected chi connectivity index (χ3v) is 17.2. The highest BCUT2D eigenvalue weighted by Crippen LogP contribution is 2.75. The topological polar surface area (TPSA) is 110 Å². The van der Waals surface area contributed by atoms with Crippen molar-refractivity contribution in [3.63, 3.8) is 0 Å². The summed E-state index contributed by atoms with van der Waals surface area (Å²) in [6.45, 7) is 17.5.